The summed E-state index contributed by atoms with van der Waals surface area (Å²) in [5.41, 5.74) is 1.98. The van der Waals surface area contributed by atoms with Crippen LogP contribution < -0.4 is 10.2 Å². The van der Waals surface area contributed by atoms with Gasteiger partial charge in [-0.1, -0.05) is 0 Å². The van der Waals surface area contributed by atoms with Gasteiger partial charge in [-0.2, -0.15) is 5.10 Å². The molecule has 2 bridgehead atoms. The molecule has 2 aromatic heterocycles. The number of thiophene rings is 1. The first kappa shape index (κ1) is 17.8. The van der Waals surface area contributed by atoms with Crippen molar-refractivity contribution < 1.29 is 18.3 Å². The molecule has 29 heavy (non-hydrogen) atoms. The number of H-pyrrole nitrogens is 1. The van der Waals surface area contributed by atoms with Gasteiger partial charge in [0.2, 0.25) is 0 Å². The number of ether oxygens (including phenoxy) is 1. The van der Waals surface area contributed by atoms with E-state index in [4.69, 9.17) is 4.74 Å². The normalized spacial score (nSPS) is 32.6. The topological polar surface area (TPSA) is 70.2 Å². The van der Waals surface area contributed by atoms with E-state index in [2.05, 4.69) is 15.5 Å². The van der Waals surface area contributed by atoms with Gasteiger partial charge in [-0.3, -0.25) is 9.89 Å². The maximum absolute atomic E-state index is 14.7. The third-order valence-electron chi connectivity index (χ3n) is 6.78. The van der Waals surface area contributed by atoms with Gasteiger partial charge < -0.3 is 15.0 Å². The molecule has 9 heteroatoms. The lowest BCUT2D eigenvalue weighted by Gasteiger charge is -2.46. The zero-order chi connectivity index (χ0) is 19.8. The SMILES string of the molecule is O=C1N[C@@H]([C@H]2OC3CCC2CC3)CN2CC(F)(F)Cc3c(-c4cn[nH]c4)sc1c32. The predicted molar refractivity (Wildman–Crippen MR) is 105 cm³/mol. The van der Waals surface area contributed by atoms with Crippen LogP contribution >= 0.6 is 11.3 Å². The van der Waals surface area contributed by atoms with Crippen LogP contribution in [-0.2, 0) is 11.2 Å². The zero-order valence-corrected chi connectivity index (χ0v) is 16.6. The number of alkyl halides is 2. The van der Waals surface area contributed by atoms with Crippen molar-refractivity contribution in [1.29, 1.82) is 0 Å². The van der Waals surface area contributed by atoms with Crippen molar-refractivity contribution in [2.24, 2.45) is 5.92 Å². The minimum Gasteiger partial charge on any atom is -0.372 e. The largest absolute Gasteiger partial charge is 0.372 e. The maximum atomic E-state index is 14.7. The molecule has 1 amide bonds. The molecule has 2 aromatic rings. The lowest BCUT2D eigenvalue weighted by atomic mass is 9.77. The molecule has 1 aliphatic carbocycles. The molecule has 0 radical (unpaired) electrons. The highest BCUT2D eigenvalue weighted by atomic mass is 32.1. The Morgan fingerprint density at radius 3 is 2.76 bits per heavy atom. The quantitative estimate of drug-likeness (QED) is 0.783. The van der Waals surface area contributed by atoms with E-state index in [1.807, 2.05) is 0 Å². The van der Waals surface area contributed by atoms with E-state index < -0.39 is 5.92 Å². The van der Waals surface area contributed by atoms with Crippen LogP contribution in [0.25, 0.3) is 10.4 Å². The summed E-state index contributed by atoms with van der Waals surface area (Å²) in [5.74, 6) is -2.62. The van der Waals surface area contributed by atoms with Crippen molar-refractivity contribution in [3.05, 3.63) is 22.8 Å². The average molecular weight is 420 g/mol. The van der Waals surface area contributed by atoms with Crippen molar-refractivity contribution in [3.8, 4) is 10.4 Å². The van der Waals surface area contributed by atoms with Crippen LogP contribution in [0.5, 0.6) is 0 Å². The minimum atomic E-state index is -2.84. The lowest BCUT2D eigenvalue weighted by Crippen LogP contribution is -2.57. The van der Waals surface area contributed by atoms with Gasteiger partial charge in [0.25, 0.3) is 11.8 Å². The molecule has 5 aliphatic rings. The van der Waals surface area contributed by atoms with Gasteiger partial charge >= 0.3 is 0 Å². The fraction of sp³-hybridized carbons (Fsp3) is 0.600. The minimum absolute atomic E-state index is 0.0900. The molecule has 0 aromatic carbocycles. The van der Waals surface area contributed by atoms with Gasteiger partial charge in [-0.15, -0.1) is 11.3 Å². The second-order valence-corrected chi connectivity index (χ2v) is 9.73. The zero-order valence-electron chi connectivity index (χ0n) is 15.8. The summed E-state index contributed by atoms with van der Waals surface area (Å²) in [6.07, 6.45) is 7.42. The molecular weight excluding hydrogens is 398 g/mol. The number of halogens is 2. The van der Waals surface area contributed by atoms with Gasteiger partial charge in [0.05, 0.1) is 36.7 Å². The number of anilines is 1. The highest BCUT2D eigenvalue weighted by molar-refractivity contribution is 7.18. The third kappa shape index (κ3) is 2.81. The van der Waals surface area contributed by atoms with E-state index in [1.54, 1.807) is 17.3 Å². The van der Waals surface area contributed by atoms with Gasteiger partial charge in [-0.25, -0.2) is 8.78 Å². The Hall–Kier alpha value is -2.00. The number of fused-ring (bicyclic) bond motifs is 3. The average Bonchev–Trinajstić information content (AvgIpc) is 3.32. The first-order chi connectivity index (χ1) is 14.0. The molecule has 4 aliphatic heterocycles. The monoisotopic (exact) mass is 420 g/mol. The van der Waals surface area contributed by atoms with Crippen molar-refractivity contribution in [2.45, 2.75) is 56.3 Å². The summed E-state index contributed by atoms with van der Waals surface area (Å²) in [5, 5.41) is 9.82. The van der Waals surface area contributed by atoms with Crippen molar-refractivity contribution in [2.75, 3.05) is 18.0 Å². The Labute approximate surface area is 170 Å². The second-order valence-electron chi connectivity index (χ2n) is 8.71. The third-order valence-corrected chi connectivity index (χ3v) is 8.05. The van der Waals surface area contributed by atoms with E-state index in [0.717, 1.165) is 31.2 Å². The van der Waals surface area contributed by atoms with Gasteiger partial charge in [0, 0.05) is 35.2 Å². The smallest absolute Gasteiger partial charge is 0.269 e. The van der Waals surface area contributed by atoms with E-state index in [1.165, 1.54) is 11.3 Å². The van der Waals surface area contributed by atoms with Gasteiger partial charge in [0.1, 0.15) is 4.88 Å². The number of hydrogen-bond acceptors (Lipinski definition) is 5. The number of aromatic nitrogens is 2. The van der Waals surface area contributed by atoms with Crippen LogP contribution in [0.4, 0.5) is 14.5 Å². The number of nitrogens with zero attached hydrogens (tertiary/aromatic N) is 2. The Kier molecular flexibility index (Phi) is 3.84. The molecule has 2 N–H and O–H groups in total. The fourth-order valence-electron chi connectivity index (χ4n) is 5.56. The second kappa shape index (κ2) is 6.25. The number of hydrogen-bond donors (Lipinski definition) is 2. The maximum Gasteiger partial charge on any atom is 0.269 e. The molecule has 154 valence electrons. The van der Waals surface area contributed by atoms with Crippen LogP contribution in [0, 0.1) is 5.92 Å². The molecule has 2 atom stereocenters. The predicted octanol–water partition coefficient (Wildman–Crippen LogP) is 3.21. The molecule has 6 heterocycles. The van der Waals surface area contributed by atoms with Crippen molar-refractivity contribution in [3.63, 3.8) is 0 Å². The number of aromatic amines is 1. The van der Waals surface area contributed by atoms with Gasteiger partial charge in [0.15, 0.2) is 0 Å². The van der Waals surface area contributed by atoms with E-state index in [9.17, 15) is 13.6 Å². The van der Waals surface area contributed by atoms with Crippen LogP contribution in [0.15, 0.2) is 12.4 Å². The standard InChI is InChI=1S/C20H22F2N4O2S/c21-20(22)5-13-15-18(29-17(13)11-6-23-24-7-11)19(27)25-14(8-26(15)9-20)16-10-1-3-12(28-16)4-2-10/h6-7,10,12,14,16H,1-5,8-9H2,(H,23,24)(H,25,27)/t10?,12?,14-,16+/m1/s1. The Morgan fingerprint density at radius 2 is 2.07 bits per heavy atom. The summed E-state index contributed by atoms with van der Waals surface area (Å²) in [6, 6.07) is -0.269. The Bertz CT molecular complexity index is 952. The lowest BCUT2D eigenvalue weighted by molar-refractivity contribution is -0.135. The van der Waals surface area contributed by atoms with Crippen LogP contribution in [0.1, 0.15) is 40.9 Å². The number of carbonyl (C=O) groups is 1. The van der Waals surface area contributed by atoms with E-state index >= 15 is 0 Å². The molecule has 6 nitrogen and oxygen atoms in total. The highest BCUT2D eigenvalue weighted by Crippen LogP contribution is 2.49. The first-order valence-electron chi connectivity index (χ1n) is 10.2. The van der Waals surface area contributed by atoms with E-state index in [-0.39, 0.29) is 37.1 Å². The first-order valence-corrected chi connectivity index (χ1v) is 11.0. The summed E-state index contributed by atoms with van der Waals surface area (Å²) in [6.45, 7) is -0.00237. The van der Waals surface area contributed by atoms with Crippen molar-refractivity contribution in [1.82, 2.24) is 15.5 Å². The molecule has 0 spiro atoms. The number of rotatable bonds is 2. The van der Waals surface area contributed by atoms with E-state index in [0.29, 0.717) is 33.5 Å². The number of amides is 1. The molecular formula is C20H22F2N4O2S. The van der Waals surface area contributed by atoms with Crippen LogP contribution in [0.3, 0.4) is 0 Å². The summed E-state index contributed by atoms with van der Waals surface area (Å²) in [4.78, 5) is 16.1. The molecule has 7 rings (SSSR count). The molecule has 2 saturated heterocycles. The Balaban J connectivity index is 1.41. The van der Waals surface area contributed by atoms with Gasteiger partial charge in [-0.05, 0) is 31.6 Å². The fourth-order valence-corrected chi connectivity index (χ4v) is 6.79. The molecule has 3 fully saturated rings. The van der Waals surface area contributed by atoms with Crippen LogP contribution in [0.2, 0.25) is 0 Å². The molecule has 0 unspecified atom stereocenters. The summed E-state index contributed by atoms with van der Waals surface area (Å²) < 4.78 is 35.7. The summed E-state index contributed by atoms with van der Waals surface area (Å²) in [7, 11) is 0. The number of nitrogens with one attached hydrogen (secondary N) is 2. The number of carbonyl (C=O) groups excluding carboxylic acids is 1. The summed E-state index contributed by atoms with van der Waals surface area (Å²) >= 11 is 1.29. The highest BCUT2D eigenvalue weighted by Gasteiger charge is 2.48. The molecule has 1 saturated carbocycles. The Morgan fingerprint density at radius 1 is 1.24 bits per heavy atom. The van der Waals surface area contributed by atoms with Crippen molar-refractivity contribution >= 4 is 22.9 Å². The van der Waals surface area contributed by atoms with Crippen LogP contribution in [-0.4, -0.2) is 53.4 Å².